The Hall–Kier alpha value is -0.870. The van der Waals surface area contributed by atoms with Crippen molar-refractivity contribution in [2.24, 2.45) is 11.8 Å². The predicted octanol–water partition coefficient (Wildman–Crippen LogP) is 2.66. The minimum absolute atomic E-state index is 0.347. The van der Waals surface area contributed by atoms with Crippen molar-refractivity contribution in [2.45, 2.75) is 39.2 Å². The fraction of sp³-hybridized carbons (Fsp3) is 0.688. The lowest BCUT2D eigenvalue weighted by Crippen LogP contribution is -2.39. The molecule has 3 nitrogen and oxygen atoms in total. The summed E-state index contributed by atoms with van der Waals surface area (Å²) in [7, 11) is 0. The maximum atomic E-state index is 12.5. The van der Waals surface area contributed by atoms with Crippen LogP contribution in [0.25, 0.3) is 0 Å². The third-order valence-electron chi connectivity index (χ3n) is 4.80. The first-order chi connectivity index (χ1) is 9.74. The number of nitrogens with one attached hydrogen (secondary N) is 1. The van der Waals surface area contributed by atoms with E-state index in [1.807, 2.05) is 11.3 Å². The standard InChI is InChI=1S/C16H24N2OS/c1-12(13-3-2-6-17-10-13)9-16(19)18-7-4-15-14(11-18)5-8-20-15/h5,8,12-13,17H,2-4,6-7,9-11H2,1H3. The molecule has 3 heterocycles. The number of fused-ring (bicyclic) bond motifs is 1. The molecule has 0 radical (unpaired) electrons. The zero-order valence-corrected chi connectivity index (χ0v) is 13.0. The van der Waals surface area contributed by atoms with E-state index in [4.69, 9.17) is 0 Å². The predicted molar refractivity (Wildman–Crippen MR) is 82.8 cm³/mol. The van der Waals surface area contributed by atoms with E-state index in [1.54, 1.807) is 0 Å². The summed E-state index contributed by atoms with van der Waals surface area (Å²) in [6.07, 6.45) is 4.28. The number of carbonyl (C=O) groups excluding carboxylic acids is 1. The van der Waals surface area contributed by atoms with Gasteiger partial charge in [0.15, 0.2) is 0 Å². The number of nitrogens with zero attached hydrogens (tertiary/aromatic N) is 1. The van der Waals surface area contributed by atoms with E-state index in [-0.39, 0.29) is 0 Å². The van der Waals surface area contributed by atoms with E-state index in [0.29, 0.717) is 24.2 Å². The molecule has 1 fully saturated rings. The molecule has 1 amide bonds. The van der Waals surface area contributed by atoms with Crippen LogP contribution in [0.5, 0.6) is 0 Å². The largest absolute Gasteiger partial charge is 0.338 e. The van der Waals surface area contributed by atoms with Crippen LogP contribution in [0.4, 0.5) is 0 Å². The number of hydrogen-bond donors (Lipinski definition) is 1. The lowest BCUT2D eigenvalue weighted by molar-refractivity contribution is -0.133. The molecule has 2 aliphatic rings. The van der Waals surface area contributed by atoms with Gasteiger partial charge in [-0.3, -0.25) is 4.79 Å². The fourth-order valence-electron chi connectivity index (χ4n) is 3.40. The topological polar surface area (TPSA) is 32.3 Å². The molecule has 1 N–H and O–H groups in total. The highest BCUT2D eigenvalue weighted by molar-refractivity contribution is 7.10. The Morgan fingerprint density at radius 2 is 2.50 bits per heavy atom. The van der Waals surface area contributed by atoms with Crippen LogP contribution >= 0.6 is 11.3 Å². The summed E-state index contributed by atoms with van der Waals surface area (Å²) >= 11 is 1.83. The number of rotatable bonds is 3. The van der Waals surface area contributed by atoms with Gasteiger partial charge in [0.25, 0.3) is 0 Å². The highest BCUT2D eigenvalue weighted by Crippen LogP contribution is 2.27. The molecule has 0 bridgehead atoms. The van der Waals surface area contributed by atoms with E-state index in [0.717, 1.165) is 32.6 Å². The zero-order chi connectivity index (χ0) is 13.9. The molecule has 0 saturated carbocycles. The van der Waals surface area contributed by atoms with Gasteiger partial charge in [-0.05, 0) is 61.2 Å². The van der Waals surface area contributed by atoms with E-state index in [1.165, 1.54) is 23.3 Å². The zero-order valence-electron chi connectivity index (χ0n) is 12.2. The molecule has 1 saturated heterocycles. The number of thiophene rings is 1. The van der Waals surface area contributed by atoms with Crippen LogP contribution in [0.15, 0.2) is 11.4 Å². The molecule has 2 aliphatic heterocycles. The molecule has 0 aromatic carbocycles. The number of piperidine rings is 1. The highest BCUT2D eigenvalue weighted by Gasteiger charge is 2.26. The number of amides is 1. The van der Waals surface area contributed by atoms with Crippen LogP contribution in [0.1, 0.15) is 36.6 Å². The maximum Gasteiger partial charge on any atom is 0.223 e. The summed E-state index contributed by atoms with van der Waals surface area (Å²) in [4.78, 5) is 16.0. The first-order valence-electron chi connectivity index (χ1n) is 7.78. The van der Waals surface area contributed by atoms with Gasteiger partial charge in [-0.15, -0.1) is 11.3 Å². The van der Waals surface area contributed by atoms with Crippen LogP contribution in [0, 0.1) is 11.8 Å². The molecule has 1 aromatic heterocycles. The third-order valence-corrected chi connectivity index (χ3v) is 5.82. The summed E-state index contributed by atoms with van der Waals surface area (Å²) in [5, 5.41) is 5.60. The summed E-state index contributed by atoms with van der Waals surface area (Å²) in [5.74, 6) is 1.52. The Balaban J connectivity index is 1.54. The van der Waals surface area contributed by atoms with Gasteiger partial charge in [-0.2, -0.15) is 0 Å². The Bertz CT molecular complexity index is 465. The molecular formula is C16H24N2OS. The summed E-state index contributed by atoms with van der Waals surface area (Å²) in [6.45, 7) is 6.21. The lowest BCUT2D eigenvalue weighted by Gasteiger charge is -2.31. The monoisotopic (exact) mass is 292 g/mol. The van der Waals surface area contributed by atoms with Crippen molar-refractivity contribution in [3.05, 3.63) is 21.9 Å². The molecule has 20 heavy (non-hydrogen) atoms. The van der Waals surface area contributed by atoms with Crippen LogP contribution in [0.3, 0.4) is 0 Å². The summed E-state index contributed by atoms with van der Waals surface area (Å²) < 4.78 is 0. The SMILES string of the molecule is CC(CC(=O)N1CCc2sccc2C1)C1CCCNC1. The average Bonchev–Trinajstić information content (AvgIpc) is 2.95. The molecule has 0 spiro atoms. The maximum absolute atomic E-state index is 12.5. The Labute approximate surface area is 125 Å². The molecule has 1 aromatic rings. The van der Waals surface area contributed by atoms with Crippen molar-refractivity contribution in [3.63, 3.8) is 0 Å². The molecular weight excluding hydrogens is 268 g/mol. The second-order valence-electron chi connectivity index (χ2n) is 6.22. The minimum Gasteiger partial charge on any atom is -0.338 e. The molecule has 2 atom stereocenters. The van der Waals surface area contributed by atoms with Gasteiger partial charge >= 0.3 is 0 Å². The van der Waals surface area contributed by atoms with Crippen molar-refractivity contribution in [2.75, 3.05) is 19.6 Å². The van der Waals surface area contributed by atoms with Gasteiger partial charge in [-0.1, -0.05) is 6.92 Å². The molecule has 4 heteroatoms. The third kappa shape index (κ3) is 3.07. The second kappa shape index (κ2) is 6.27. The van der Waals surface area contributed by atoms with Crippen LogP contribution in [-0.2, 0) is 17.8 Å². The van der Waals surface area contributed by atoms with Crippen LogP contribution in [-0.4, -0.2) is 30.4 Å². The van der Waals surface area contributed by atoms with E-state index in [9.17, 15) is 4.79 Å². The van der Waals surface area contributed by atoms with E-state index < -0.39 is 0 Å². The second-order valence-corrected chi connectivity index (χ2v) is 7.22. The van der Waals surface area contributed by atoms with Crippen molar-refractivity contribution in [1.29, 1.82) is 0 Å². The minimum atomic E-state index is 0.347. The lowest BCUT2D eigenvalue weighted by atomic mass is 9.85. The van der Waals surface area contributed by atoms with Gasteiger partial charge < -0.3 is 10.2 Å². The van der Waals surface area contributed by atoms with Crippen molar-refractivity contribution in [1.82, 2.24) is 10.2 Å². The average molecular weight is 292 g/mol. The van der Waals surface area contributed by atoms with Gasteiger partial charge in [0.1, 0.15) is 0 Å². The molecule has 110 valence electrons. The quantitative estimate of drug-likeness (QED) is 0.929. The molecule has 0 aliphatic carbocycles. The fourth-order valence-corrected chi connectivity index (χ4v) is 4.29. The van der Waals surface area contributed by atoms with Crippen LogP contribution in [0.2, 0.25) is 0 Å². The number of carbonyl (C=O) groups is 1. The van der Waals surface area contributed by atoms with Gasteiger partial charge in [0.2, 0.25) is 5.91 Å². The first kappa shape index (κ1) is 14.1. The van der Waals surface area contributed by atoms with E-state index >= 15 is 0 Å². The van der Waals surface area contributed by atoms with Gasteiger partial charge in [0, 0.05) is 24.4 Å². The molecule has 2 unspecified atom stereocenters. The van der Waals surface area contributed by atoms with Gasteiger partial charge in [0.05, 0.1) is 0 Å². The summed E-state index contributed by atoms with van der Waals surface area (Å²) in [5.41, 5.74) is 1.36. The van der Waals surface area contributed by atoms with Crippen molar-refractivity contribution < 1.29 is 4.79 Å². The Morgan fingerprint density at radius 1 is 1.60 bits per heavy atom. The van der Waals surface area contributed by atoms with E-state index in [2.05, 4.69) is 28.6 Å². The van der Waals surface area contributed by atoms with Crippen molar-refractivity contribution in [3.8, 4) is 0 Å². The summed E-state index contributed by atoms with van der Waals surface area (Å²) in [6, 6.07) is 2.17. The smallest absolute Gasteiger partial charge is 0.223 e. The highest BCUT2D eigenvalue weighted by atomic mass is 32.1. The molecule has 3 rings (SSSR count). The van der Waals surface area contributed by atoms with Crippen LogP contribution < -0.4 is 5.32 Å². The number of hydrogen-bond acceptors (Lipinski definition) is 3. The Morgan fingerprint density at radius 3 is 3.30 bits per heavy atom. The first-order valence-corrected chi connectivity index (χ1v) is 8.65. The normalized spacial score (nSPS) is 24.2. The van der Waals surface area contributed by atoms with Gasteiger partial charge in [-0.25, -0.2) is 0 Å². The Kier molecular flexibility index (Phi) is 4.41. The van der Waals surface area contributed by atoms with Crippen molar-refractivity contribution >= 4 is 17.2 Å².